The van der Waals surface area contributed by atoms with Gasteiger partial charge in [0.05, 0.1) is 23.5 Å². The summed E-state index contributed by atoms with van der Waals surface area (Å²) >= 11 is 0. The molecule has 0 spiro atoms. The second-order valence-electron chi connectivity index (χ2n) is 12.5. The highest BCUT2D eigenvalue weighted by Crippen LogP contribution is 2.40. The molecule has 5 rings (SSSR count). The van der Waals surface area contributed by atoms with Gasteiger partial charge in [0.1, 0.15) is 23.3 Å². The third kappa shape index (κ3) is 9.01. The van der Waals surface area contributed by atoms with Gasteiger partial charge in [-0.25, -0.2) is 36.9 Å². The van der Waals surface area contributed by atoms with Crippen molar-refractivity contribution in [3.8, 4) is 22.9 Å². The lowest BCUT2D eigenvalue weighted by Gasteiger charge is -2.36. The van der Waals surface area contributed by atoms with E-state index in [1.54, 1.807) is 50.6 Å². The Bertz CT molecular complexity index is 1970. The number of fused-ring (bicyclic) bond motifs is 1. The van der Waals surface area contributed by atoms with Crippen LogP contribution in [0.4, 0.5) is 38.4 Å². The zero-order valence-electron chi connectivity index (χ0n) is 26.8. The SMILES string of the molecule is Cc1ccc2c(NS(=O)(=O)CC(F)(F)F)c(F)ccc2c1Oc1ncccc1-c1ccnc(N[C@H]2C[C@H](F)CN(C(=O)OC(C)(C)C)C2)n1. The normalized spacial score (nSPS) is 17.1. The van der Waals surface area contributed by atoms with Gasteiger partial charge in [-0.3, -0.25) is 4.72 Å². The van der Waals surface area contributed by atoms with Gasteiger partial charge >= 0.3 is 12.3 Å². The molecule has 2 aromatic heterocycles. The standard InChI is InChI=1S/C32H33F5N6O5S/c1-18-7-8-21-22(9-10-24(34)26(21)42-49(45,46)17-32(35,36)37)27(18)47-28-23(6-5-12-38-28)25-11-13-39-29(41-25)40-20-14-19(33)15-43(16-20)30(44)48-31(2,3)4/h5-13,19-20,42H,14-17H2,1-4H3,(H,39,40,41)/t19-,20-/m0/s1. The summed E-state index contributed by atoms with van der Waals surface area (Å²) in [7, 11) is -5.00. The number of likely N-dealkylation sites (tertiary alicyclic amines) is 1. The summed E-state index contributed by atoms with van der Waals surface area (Å²) in [6.45, 7) is 6.88. The largest absolute Gasteiger partial charge is 0.444 e. The van der Waals surface area contributed by atoms with Gasteiger partial charge in [0, 0.05) is 42.2 Å². The number of sulfonamides is 1. The third-order valence-electron chi connectivity index (χ3n) is 7.19. The van der Waals surface area contributed by atoms with Crippen molar-refractivity contribution in [3.63, 3.8) is 0 Å². The molecule has 3 heterocycles. The first-order chi connectivity index (χ1) is 22.9. The summed E-state index contributed by atoms with van der Waals surface area (Å²) in [5.74, 6) is -2.96. The van der Waals surface area contributed by atoms with Gasteiger partial charge in [-0.15, -0.1) is 0 Å². The van der Waals surface area contributed by atoms with Crippen molar-refractivity contribution in [1.82, 2.24) is 19.9 Å². The molecule has 0 unspecified atom stereocenters. The van der Waals surface area contributed by atoms with E-state index in [1.165, 1.54) is 35.5 Å². The fourth-order valence-corrected chi connectivity index (χ4v) is 6.27. The molecule has 17 heteroatoms. The number of halogens is 5. The first kappa shape index (κ1) is 35.5. The maximum atomic E-state index is 14.9. The van der Waals surface area contributed by atoms with E-state index in [9.17, 15) is 35.2 Å². The van der Waals surface area contributed by atoms with Gasteiger partial charge in [-0.05, 0) is 63.6 Å². The minimum absolute atomic E-state index is 0.0450. The number of amides is 1. The Morgan fingerprint density at radius 3 is 2.47 bits per heavy atom. The molecule has 49 heavy (non-hydrogen) atoms. The molecule has 1 amide bonds. The summed E-state index contributed by atoms with van der Waals surface area (Å²) in [6.07, 6.45) is -3.97. The van der Waals surface area contributed by atoms with Gasteiger partial charge in [-0.1, -0.05) is 12.1 Å². The number of hydrogen-bond donors (Lipinski definition) is 2. The molecule has 11 nitrogen and oxygen atoms in total. The summed E-state index contributed by atoms with van der Waals surface area (Å²) in [6, 6.07) is 9.43. The number of aryl methyl sites for hydroxylation is 1. The second kappa shape index (κ2) is 13.6. The van der Waals surface area contributed by atoms with Gasteiger partial charge in [-0.2, -0.15) is 13.2 Å². The van der Waals surface area contributed by atoms with Gasteiger partial charge in [0.15, 0.2) is 5.75 Å². The van der Waals surface area contributed by atoms with Gasteiger partial charge < -0.3 is 19.7 Å². The predicted octanol–water partition coefficient (Wildman–Crippen LogP) is 7.00. The van der Waals surface area contributed by atoms with E-state index in [2.05, 4.69) is 20.3 Å². The number of benzene rings is 2. The lowest BCUT2D eigenvalue weighted by atomic mass is 10.0. The minimum Gasteiger partial charge on any atom is -0.444 e. The zero-order valence-corrected chi connectivity index (χ0v) is 27.6. The van der Waals surface area contributed by atoms with E-state index in [1.807, 2.05) is 0 Å². The Morgan fingerprint density at radius 1 is 1.02 bits per heavy atom. The molecule has 1 fully saturated rings. The maximum Gasteiger partial charge on any atom is 0.410 e. The predicted molar refractivity (Wildman–Crippen MR) is 172 cm³/mol. The Labute approximate surface area is 278 Å². The molecule has 262 valence electrons. The molecule has 0 radical (unpaired) electrons. The summed E-state index contributed by atoms with van der Waals surface area (Å²) < 4.78 is 106. The van der Waals surface area contributed by atoms with Crippen LogP contribution >= 0.6 is 0 Å². The van der Waals surface area contributed by atoms with Crippen molar-refractivity contribution in [2.45, 2.75) is 58.1 Å². The summed E-state index contributed by atoms with van der Waals surface area (Å²) in [5.41, 5.74) is -0.150. The molecule has 1 aliphatic rings. The molecule has 2 N–H and O–H groups in total. The van der Waals surface area contributed by atoms with E-state index < -0.39 is 57.4 Å². The minimum atomic E-state index is -5.05. The van der Waals surface area contributed by atoms with Crippen LogP contribution < -0.4 is 14.8 Å². The lowest BCUT2D eigenvalue weighted by molar-refractivity contribution is -0.106. The number of pyridine rings is 1. The second-order valence-corrected chi connectivity index (χ2v) is 14.2. The number of carbonyl (C=O) groups is 1. The molecule has 0 saturated carbocycles. The van der Waals surface area contributed by atoms with Crippen molar-refractivity contribution in [1.29, 1.82) is 0 Å². The van der Waals surface area contributed by atoms with Crippen LogP contribution in [-0.4, -0.2) is 77.2 Å². The molecule has 0 bridgehead atoms. The summed E-state index contributed by atoms with van der Waals surface area (Å²) in [5, 5.41) is 3.23. The van der Waals surface area contributed by atoms with Crippen LogP contribution in [0.2, 0.25) is 0 Å². The monoisotopic (exact) mass is 708 g/mol. The van der Waals surface area contributed by atoms with Crippen molar-refractivity contribution in [2.24, 2.45) is 0 Å². The van der Waals surface area contributed by atoms with E-state index in [-0.39, 0.29) is 47.9 Å². The smallest absolute Gasteiger partial charge is 0.410 e. The number of aromatic nitrogens is 3. The zero-order chi connectivity index (χ0) is 35.7. The van der Waals surface area contributed by atoms with Crippen LogP contribution in [0.25, 0.3) is 22.0 Å². The van der Waals surface area contributed by atoms with Gasteiger partial charge in [0.2, 0.25) is 21.9 Å². The molecule has 4 aromatic rings. The molecular weight excluding hydrogens is 675 g/mol. The van der Waals surface area contributed by atoms with E-state index >= 15 is 0 Å². The van der Waals surface area contributed by atoms with Crippen molar-refractivity contribution >= 4 is 38.5 Å². The number of ether oxygens (including phenoxy) is 2. The number of piperidine rings is 1. The highest BCUT2D eigenvalue weighted by atomic mass is 32.2. The molecular formula is C32H33F5N6O5S. The van der Waals surface area contributed by atoms with Crippen LogP contribution in [0.1, 0.15) is 32.8 Å². The van der Waals surface area contributed by atoms with Gasteiger partial charge in [0.25, 0.3) is 0 Å². The van der Waals surface area contributed by atoms with E-state index in [0.29, 0.717) is 16.8 Å². The fraction of sp³-hybridized carbons (Fsp3) is 0.375. The molecule has 2 atom stereocenters. The van der Waals surface area contributed by atoms with Crippen LogP contribution in [0.15, 0.2) is 54.9 Å². The van der Waals surface area contributed by atoms with Crippen LogP contribution in [0, 0.1) is 12.7 Å². The quantitative estimate of drug-likeness (QED) is 0.186. The fourth-order valence-electron chi connectivity index (χ4n) is 5.25. The lowest BCUT2D eigenvalue weighted by Crippen LogP contribution is -2.51. The number of nitrogens with one attached hydrogen (secondary N) is 2. The summed E-state index contributed by atoms with van der Waals surface area (Å²) in [4.78, 5) is 27.0. The van der Waals surface area contributed by atoms with Crippen LogP contribution in [0.3, 0.4) is 0 Å². The van der Waals surface area contributed by atoms with Crippen molar-refractivity contribution < 1.29 is 44.6 Å². The molecule has 1 saturated heterocycles. The first-order valence-corrected chi connectivity index (χ1v) is 16.7. The van der Waals surface area contributed by atoms with E-state index in [4.69, 9.17) is 9.47 Å². The Morgan fingerprint density at radius 2 is 1.76 bits per heavy atom. The van der Waals surface area contributed by atoms with E-state index in [0.717, 1.165) is 6.07 Å². The third-order valence-corrected chi connectivity index (χ3v) is 8.42. The number of nitrogens with zero attached hydrogens (tertiary/aromatic N) is 4. The first-order valence-electron chi connectivity index (χ1n) is 15.0. The Balaban J connectivity index is 1.43. The number of alkyl halides is 4. The number of anilines is 2. The number of carbonyl (C=O) groups excluding carboxylic acids is 1. The molecule has 0 aliphatic carbocycles. The average Bonchev–Trinajstić information content (AvgIpc) is 2.98. The van der Waals surface area contributed by atoms with Crippen LogP contribution in [0.5, 0.6) is 11.6 Å². The van der Waals surface area contributed by atoms with Crippen molar-refractivity contribution in [2.75, 3.05) is 28.9 Å². The van der Waals surface area contributed by atoms with Crippen molar-refractivity contribution in [3.05, 3.63) is 66.2 Å². The average molecular weight is 709 g/mol. The number of hydrogen-bond acceptors (Lipinski definition) is 9. The maximum absolute atomic E-state index is 14.9. The van der Waals surface area contributed by atoms with Crippen LogP contribution in [-0.2, 0) is 14.8 Å². The number of rotatable bonds is 8. The topological polar surface area (TPSA) is 136 Å². The molecule has 1 aliphatic heterocycles. The molecule has 2 aromatic carbocycles. The highest BCUT2D eigenvalue weighted by molar-refractivity contribution is 7.92. The Hall–Kier alpha value is -4.80. The Kier molecular flexibility index (Phi) is 9.86. The highest BCUT2D eigenvalue weighted by Gasteiger charge is 2.36.